The van der Waals surface area contributed by atoms with Crippen LogP contribution in [0.5, 0.6) is 0 Å². The summed E-state index contributed by atoms with van der Waals surface area (Å²) in [4.78, 5) is 18.7. The van der Waals surface area contributed by atoms with Crippen LogP contribution in [0.2, 0.25) is 0 Å². The summed E-state index contributed by atoms with van der Waals surface area (Å²) < 4.78 is 0. The number of nitrogens with zero attached hydrogens (tertiary/aromatic N) is 3. The topological polar surface area (TPSA) is 38.8 Å². The first-order valence-electron chi connectivity index (χ1n) is 7.41. The van der Waals surface area contributed by atoms with Crippen LogP contribution in [0.25, 0.3) is 0 Å². The predicted octanol–water partition coefficient (Wildman–Crippen LogP) is -0.224. The molecule has 112 valence electrons. The van der Waals surface area contributed by atoms with Crippen molar-refractivity contribution in [1.29, 1.82) is 0 Å². The molecule has 2 aliphatic heterocycles. The van der Waals surface area contributed by atoms with E-state index in [9.17, 15) is 4.79 Å². The molecule has 0 spiro atoms. The Bertz CT molecular complexity index is 336. The van der Waals surface area contributed by atoms with E-state index in [0.717, 1.165) is 39.3 Å². The summed E-state index contributed by atoms with van der Waals surface area (Å²) in [6.07, 6.45) is 3.53. The number of carbonyl (C=O) groups excluding carboxylic acids is 1. The van der Waals surface area contributed by atoms with Crippen molar-refractivity contribution in [2.75, 3.05) is 58.9 Å². The molecule has 2 heterocycles. The largest absolute Gasteiger partial charge is 0.334 e. The highest BCUT2D eigenvalue weighted by molar-refractivity contribution is 5.78. The molecule has 0 aromatic heterocycles. The molecule has 0 saturated carbocycles. The summed E-state index contributed by atoms with van der Waals surface area (Å²) in [6, 6.07) is 0.636. The lowest BCUT2D eigenvalue weighted by molar-refractivity contribution is -0.133. The van der Waals surface area contributed by atoms with Gasteiger partial charge in [0.25, 0.3) is 0 Å². The van der Waals surface area contributed by atoms with E-state index in [4.69, 9.17) is 0 Å². The molecular formula is C15H26N4O. The van der Waals surface area contributed by atoms with Gasteiger partial charge in [0.05, 0.1) is 6.54 Å². The molecular weight excluding hydrogens is 252 g/mol. The van der Waals surface area contributed by atoms with Crippen molar-refractivity contribution >= 4 is 5.91 Å². The Morgan fingerprint density at radius 3 is 2.35 bits per heavy atom. The smallest absolute Gasteiger partial charge is 0.237 e. The molecule has 0 radical (unpaired) electrons. The summed E-state index contributed by atoms with van der Waals surface area (Å²) in [6.45, 7) is 15.6. The number of amides is 1. The SMILES string of the molecule is C=CCN(CC=C)C(=O)CN1CC(N2CCNCC2)C1. The van der Waals surface area contributed by atoms with Crippen LogP contribution in [0.4, 0.5) is 0 Å². The molecule has 0 bridgehead atoms. The third-order valence-electron chi connectivity index (χ3n) is 4.02. The van der Waals surface area contributed by atoms with Gasteiger partial charge in [0.2, 0.25) is 5.91 Å². The van der Waals surface area contributed by atoms with Crippen molar-refractivity contribution in [3.8, 4) is 0 Å². The Hall–Kier alpha value is -1.17. The first kappa shape index (κ1) is 15.2. The van der Waals surface area contributed by atoms with Gasteiger partial charge < -0.3 is 10.2 Å². The zero-order chi connectivity index (χ0) is 14.4. The normalized spacial score (nSPS) is 21.2. The lowest BCUT2D eigenvalue weighted by Crippen LogP contribution is -2.63. The van der Waals surface area contributed by atoms with Crippen LogP contribution in [0.1, 0.15) is 0 Å². The second-order valence-electron chi connectivity index (χ2n) is 5.51. The number of nitrogens with one attached hydrogen (secondary N) is 1. The highest BCUT2D eigenvalue weighted by atomic mass is 16.2. The lowest BCUT2D eigenvalue weighted by atomic mass is 10.1. The van der Waals surface area contributed by atoms with Gasteiger partial charge in [-0.1, -0.05) is 12.2 Å². The van der Waals surface area contributed by atoms with E-state index in [1.807, 2.05) is 0 Å². The molecule has 5 heteroatoms. The summed E-state index contributed by atoms with van der Waals surface area (Å²) in [5.74, 6) is 0.170. The van der Waals surface area contributed by atoms with Gasteiger partial charge in [0.1, 0.15) is 0 Å². The summed E-state index contributed by atoms with van der Waals surface area (Å²) in [5.41, 5.74) is 0. The zero-order valence-electron chi connectivity index (χ0n) is 12.3. The zero-order valence-corrected chi connectivity index (χ0v) is 12.3. The Morgan fingerprint density at radius 2 is 1.80 bits per heavy atom. The molecule has 2 saturated heterocycles. The maximum absolute atomic E-state index is 12.2. The molecule has 2 fully saturated rings. The average Bonchev–Trinajstić information content (AvgIpc) is 2.43. The van der Waals surface area contributed by atoms with Crippen molar-refractivity contribution in [1.82, 2.24) is 20.0 Å². The molecule has 1 N–H and O–H groups in total. The van der Waals surface area contributed by atoms with Crippen LogP contribution in [0.3, 0.4) is 0 Å². The Labute approximate surface area is 121 Å². The second-order valence-corrected chi connectivity index (χ2v) is 5.51. The first-order chi connectivity index (χ1) is 9.74. The van der Waals surface area contributed by atoms with E-state index in [1.54, 1.807) is 17.1 Å². The highest BCUT2D eigenvalue weighted by Crippen LogP contribution is 2.15. The Balaban J connectivity index is 1.71. The molecule has 0 aliphatic carbocycles. The van der Waals surface area contributed by atoms with Gasteiger partial charge in [-0.25, -0.2) is 0 Å². The number of hydrogen-bond acceptors (Lipinski definition) is 4. The fraction of sp³-hybridized carbons (Fsp3) is 0.667. The van der Waals surface area contributed by atoms with Crippen molar-refractivity contribution in [2.24, 2.45) is 0 Å². The van der Waals surface area contributed by atoms with Gasteiger partial charge in [-0.3, -0.25) is 14.6 Å². The number of carbonyl (C=O) groups is 1. The summed E-state index contributed by atoms with van der Waals surface area (Å²) in [5, 5.41) is 3.37. The van der Waals surface area contributed by atoms with E-state index in [-0.39, 0.29) is 5.91 Å². The maximum Gasteiger partial charge on any atom is 0.237 e. The van der Waals surface area contributed by atoms with E-state index in [0.29, 0.717) is 25.7 Å². The van der Waals surface area contributed by atoms with Gasteiger partial charge in [-0.15, -0.1) is 13.2 Å². The third-order valence-corrected chi connectivity index (χ3v) is 4.02. The van der Waals surface area contributed by atoms with Crippen molar-refractivity contribution in [3.05, 3.63) is 25.3 Å². The molecule has 2 aliphatic rings. The van der Waals surface area contributed by atoms with E-state index in [2.05, 4.69) is 28.3 Å². The molecule has 0 aromatic rings. The first-order valence-corrected chi connectivity index (χ1v) is 7.41. The molecule has 5 nitrogen and oxygen atoms in total. The number of rotatable bonds is 7. The monoisotopic (exact) mass is 278 g/mol. The maximum atomic E-state index is 12.2. The van der Waals surface area contributed by atoms with E-state index >= 15 is 0 Å². The Morgan fingerprint density at radius 1 is 1.20 bits per heavy atom. The average molecular weight is 278 g/mol. The van der Waals surface area contributed by atoms with Crippen molar-refractivity contribution < 1.29 is 4.79 Å². The number of likely N-dealkylation sites (tertiary alicyclic amines) is 1. The van der Waals surface area contributed by atoms with Crippen LogP contribution in [-0.2, 0) is 4.79 Å². The van der Waals surface area contributed by atoms with Crippen LogP contribution in [-0.4, -0.2) is 85.6 Å². The molecule has 1 amide bonds. The fourth-order valence-electron chi connectivity index (χ4n) is 2.83. The summed E-state index contributed by atoms with van der Waals surface area (Å²) in [7, 11) is 0. The minimum Gasteiger partial charge on any atom is -0.334 e. The van der Waals surface area contributed by atoms with Crippen LogP contribution < -0.4 is 5.32 Å². The molecule has 20 heavy (non-hydrogen) atoms. The van der Waals surface area contributed by atoms with Gasteiger partial charge in [0, 0.05) is 58.4 Å². The lowest BCUT2D eigenvalue weighted by Gasteiger charge is -2.46. The highest BCUT2D eigenvalue weighted by Gasteiger charge is 2.33. The molecule has 0 atom stereocenters. The van der Waals surface area contributed by atoms with Gasteiger partial charge in [-0.05, 0) is 0 Å². The Kier molecular flexibility index (Phi) is 5.76. The number of hydrogen-bond donors (Lipinski definition) is 1. The minimum absolute atomic E-state index is 0.170. The fourth-order valence-corrected chi connectivity index (χ4v) is 2.83. The van der Waals surface area contributed by atoms with E-state index < -0.39 is 0 Å². The second kappa shape index (κ2) is 7.57. The van der Waals surface area contributed by atoms with Gasteiger partial charge in [0.15, 0.2) is 0 Å². The van der Waals surface area contributed by atoms with Crippen LogP contribution >= 0.6 is 0 Å². The van der Waals surface area contributed by atoms with Crippen molar-refractivity contribution in [2.45, 2.75) is 6.04 Å². The summed E-state index contributed by atoms with van der Waals surface area (Å²) >= 11 is 0. The van der Waals surface area contributed by atoms with Crippen LogP contribution in [0.15, 0.2) is 25.3 Å². The van der Waals surface area contributed by atoms with Crippen molar-refractivity contribution in [3.63, 3.8) is 0 Å². The molecule has 2 rings (SSSR count). The quantitative estimate of drug-likeness (QED) is 0.653. The van der Waals surface area contributed by atoms with Gasteiger partial charge >= 0.3 is 0 Å². The number of piperazine rings is 1. The predicted molar refractivity (Wildman–Crippen MR) is 81.6 cm³/mol. The third kappa shape index (κ3) is 3.91. The minimum atomic E-state index is 0.170. The molecule has 0 unspecified atom stereocenters. The van der Waals surface area contributed by atoms with Crippen LogP contribution in [0, 0.1) is 0 Å². The molecule has 0 aromatic carbocycles. The standard InChI is InChI=1S/C15H26N4O/c1-3-7-19(8-4-2)15(20)13-17-11-14(12-17)18-9-5-16-6-10-18/h3-4,14,16H,1-2,5-13H2. The van der Waals surface area contributed by atoms with Gasteiger partial charge in [-0.2, -0.15) is 0 Å². The van der Waals surface area contributed by atoms with E-state index in [1.165, 1.54) is 0 Å².